The SMILES string of the molecule is CC#C[C@@H]1CCCC[C@H]1OCC. The maximum Gasteiger partial charge on any atom is 0.0712 e. The van der Waals surface area contributed by atoms with Crippen molar-refractivity contribution in [2.75, 3.05) is 6.61 Å². The zero-order valence-electron chi connectivity index (χ0n) is 8.10. The molecule has 0 N–H and O–H groups in total. The molecule has 0 aromatic rings. The van der Waals surface area contributed by atoms with Crippen LogP contribution in [0, 0.1) is 17.8 Å². The summed E-state index contributed by atoms with van der Waals surface area (Å²) in [5.74, 6) is 6.74. The fourth-order valence-corrected chi connectivity index (χ4v) is 1.86. The van der Waals surface area contributed by atoms with E-state index in [1.165, 1.54) is 25.7 Å². The lowest BCUT2D eigenvalue weighted by Crippen LogP contribution is -2.26. The molecule has 1 aliphatic rings. The second kappa shape index (κ2) is 5.22. The Morgan fingerprint density at radius 3 is 2.75 bits per heavy atom. The summed E-state index contributed by atoms with van der Waals surface area (Å²) in [6.07, 6.45) is 5.48. The second-order valence-electron chi connectivity index (χ2n) is 3.28. The van der Waals surface area contributed by atoms with Crippen LogP contribution in [0.4, 0.5) is 0 Å². The highest BCUT2D eigenvalue weighted by Crippen LogP contribution is 2.26. The Balaban J connectivity index is 2.46. The van der Waals surface area contributed by atoms with Gasteiger partial charge in [-0.1, -0.05) is 18.8 Å². The third-order valence-corrected chi connectivity index (χ3v) is 2.41. The van der Waals surface area contributed by atoms with Crippen molar-refractivity contribution in [2.24, 2.45) is 5.92 Å². The highest BCUT2D eigenvalue weighted by molar-refractivity contribution is 5.04. The van der Waals surface area contributed by atoms with E-state index in [1.54, 1.807) is 0 Å². The average molecular weight is 166 g/mol. The molecule has 1 heteroatoms. The predicted octanol–water partition coefficient (Wildman–Crippen LogP) is 2.61. The van der Waals surface area contributed by atoms with E-state index in [2.05, 4.69) is 18.8 Å². The monoisotopic (exact) mass is 166 g/mol. The van der Waals surface area contributed by atoms with Gasteiger partial charge in [0, 0.05) is 12.5 Å². The van der Waals surface area contributed by atoms with Crippen LogP contribution in [0.2, 0.25) is 0 Å². The Kier molecular flexibility index (Phi) is 4.18. The molecule has 0 amide bonds. The topological polar surface area (TPSA) is 9.23 Å². The minimum absolute atomic E-state index is 0.413. The first-order valence-corrected chi connectivity index (χ1v) is 4.92. The molecule has 0 aliphatic heterocycles. The number of rotatable bonds is 2. The van der Waals surface area contributed by atoms with Gasteiger partial charge in [0.2, 0.25) is 0 Å². The minimum atomic E-state index is 0.413. The van der Waals surface area contributed by atoms with Gasteiger partial charge in [-0.15, -0.1) is 5.92 Å². The molecular weight excluding hydrogens is 148 g/mol. The van der Waals surface area contributed by atoms with E-state index in [0.717, 1.165) is 6.61 Å². The molecule has 1 fully saturated rings. The Hall–Kier alpha value is -0.480. The van der Waals surface area contributed by atoms with Gasteiger partial charge < -0.3 is 4.74 Å². The number of hydrogen-bond donors (Lipinski definition) is 0. The van der Waals surface area contributed by atoms with Gasteiger partial charge in [-0.05, 0) is 26.7 Å². The van der Waals surface area contributed by atoms with Crippen molar-refractivity contribution in [3.05, 3.63) is 0 Å². The Bertz CT molecular complexity index is 173. The van der Waals surface area contributed by atoms with Gasteiger partial charge in [-0.2, -0.15) is 0 Å². The summed E-state index contributed by atoms with van der Waals surface area (Å²) in [5.41, 5.74) is 0. The lowest BCUT2D eigenvalue weighted by Gasteiger charge is -2.27. The molecule has 0 saturated heterocycles. The molecule has 1 nitrogen and oxygen atoms in total. The molecule has 0 bridgehead atoms. The van der Waals surface area contributed by atoms with Crippen molar-refractivity contribution in [2.45, 2.75) is 45.6 Å². The standard InChI is InChI=1S/C11H18O/c1-3-7-10-8-5-6-9-11(10)12-4-2/h10-11H,4-6,8-9H2,1-2H3/t10-,11-/m1/s1. The van der Waals surface area contributed by atoms with E-state index in [9.17, 15) is 0 Å². The first-order chi connectivity index (χ1) is 5.88. The second-order valence-corrected chi connectivity index (χ2v) is 3.28. The largest absolute Gasteiger partial charge is 0.377 e. The van der Waals surface area contributed by atoms with Gasteiger partial charge in [-0.3, -0.25) is 0 Å². The van der Waals surface area contributed by atoms with Crippen LogP contribution in [-0.2, 0) is 4.74 Å². The normalized spacial score (nSPS) is 29.2. The summed E-state index contributed by atoms with van der Waals surface area (Å²) in [7, 11) is 0. The van der Waals surface area contributed by atoms with Crippen molar-refractivity contribution >= 4 is 0 Å². The van der Waals surface area contributed by atoms with Crippen molar-refractivity contribution in [3.8, 4) is 11.8 Å². The zero-order chi connectivity index (χ0) is 8.81. The summed E-state index contributed by atoms with van der Waals surface area (Å²) in [4.78, 5) is 0. The van der Waals surface area contributed by atoms with E-state index in [-0.39, 0.29) is 0 Å². The lowest BCUT2D eigenvalue weighted by atomic mass is 9.87. The van der Waals surface area contributed by atoms with Crippen LogP contribution in [-0.4, -0.2) is 12.7 Å². The minimum Gasteiger partial charge on any atom is -0.377 e. The Morgan fingerprint density at radius 2 is 2.08 bits per heavy atom. The number of ether oxygens (including phenoxy) is 1. The van der Waals surface area contributed by atoms with Crippen molar-refractivity contribution < 1.29 is 4.74 Å². The van der Waals surface area contributed by atoms with E-state index < -0.39 is 0 Å². The first-order valence-electron chi connectivity index (χ1n) is 4.92. The summed E-state index contributed by atoms with van der Waals surface area (Å²) in [6, 6.07) is 0. The summed E-state index contributed by atoms with van der Waals surface area (Å²) in [5, 5.41) is 0. The van der Waals surface area contributed by atoms with Gasteiger partial charge in [0.05, 0.1) is 6.10 Å². The molecule has 1 rings (SSSR count). The predicted molar refractivity (Wildman–Crippen MR) is 50.8 cm³/mol. The Labute approximate surface area is 75.5 Å². The fourth-order valence-electron chi connectivity index (χ4n) is 1.86. The van der Waals surface area contributed by atoms with Crippen LogP contribution in [0.25, 0.3) is 0 Å². The first kappa shape index (κ1) is 9.61. The third-order valence-electron chi connectivity index (χ3n) is 2.41. The Morgan fingerprint density at radius 1 is 1.33 bits per heavy atom. The molecule has 2 atom stereocenters. The molecule has 0 spiro atoms. The van der Waals surface area contributed by atoms with E-state index in [1.807, 2.05) is 6.92 Å². The fraction of sp³-hybridized carbons (Fsp3) is 0.818. The van der Waals surface area contributed by atoms with Gasteiger partial charge in [0.25, 0.3) is 0 Å². The highest BCUT2D eigenvalue weighted by atomic mass is 16.5. The number of hydrogen-bond acceptors (Lipinski definition) is 1. The molecule has 0 aromatic heterocycles. The molecule has 0 heterocycles. The van der Waals surface area contributed by atoms with Crippen LogP contribution in [0.3, 0.4) is 0 Å². The maximum absolute atomic E-state index is 5.65. The van der Waals surface area contributed by atoms with Gasteiger partial charge in [-0.25, -0.2) is 0 Å². The molecule has 68 valence electrons. The quantitative estimate of drug-likeness (QED) is 0.573. The van der Waals surface area contributed by atoms with Crippen LogP contribution in [0.5, 0.6) is 0 Å². The molecule has 1 saturated carbocycles. The summed E-state index contributed by atoms with van der Waals surface area (Å²) < 4.78 is 5.65. The van der Waals surface area contributed by atoms with Crippen molar-refractivity contribution in [1.29, 1.82) is 0 Å². The van der Waals surface area contributed by atoms with Gasteiger partial charge >= 0.3 is 0 Å². The smallest absolute Gasteiger partial charge is 0.0712 e. The average Bonchev–Trinajstić information content (AvgIpc) is 2.09. The third kappa shape index (κ3) is 2.53. The summed E-state index contributed by atoms with van der Waals surface area (Å²) >= 11 is 0. The van der Waals surface area contributed by atoms with Gasteiger partial charge in [0.15, 0.2) is 0 Å². The molecule has 12 heavy (non-hydrogen) atoms. The van der Waals surface area contributed by atoms with E-state index >= 15 is 0 Å². The zero-order valence-corrected chi connectivity index (χ0v) is 8.10. The maximum atomic E-state index is 5.65. The van der Waals surface area contributed by atoms with Crippen LogP contribution < -0.4 is 0 Å². The van der Waals surface area contributed by atoms with Crippen LogP contribution >= 0.6 is 0 Å². The van der Waals surface area contributed by atoms with E-state index in [0.29, 0.717) is 12.0 Å². The highest BCUT2D eigenvalue weighted by Gasteiger charge is 2.23. The van der Waals surface area contributed by atoms with Crippen molar-refractivity contribution in [1.82, 2.24) is 0 Å². The van der Waals surface area contributed by atoms with Crippen LogP contribution in [0.1, 0.15) is 39.5 Å². The molecular formula is C11H18O. The molecule has 0 aromatic carbocycles. The molecule has 0 radical (unpaired) electrons. The lowest BCUT2D eigenvalue weighted by molar-refractivity contribution is 0.0140. The van der Waals surface area contributed by atoms with E-state index in [4.69, 9.17) is 4.74 Å². The van der Waals surface area contributed by atoms with Gasteiger partial charge in [0.1, 0.15) is 0 Å². The molecule has 1 aliphatic carbocycles. The van der Waals surface area contributed by atoms with Crippen molar-refractivity contribution in [3.63, 3.8) is 0 Å². The molecule has 0 unspecified atom stereocenters. The summed E-state index contributed by atoms with van der Waals surface area (Å²) in [6.45, 7) is 4.80. The van der Waals surface area contributed by atoms with Crippen LogP contribution in [0.15, 0.2) is 0 Å².